The van der Waals surface area contributed by atoms with Crippen LogP contribution in [0.4, 0.5) is 26.3 Å². The van der Waals surface area contributed by atoms with Gasteiger partial charge in [0, 0.05) is 44.8 Å². The number of hydrogen-bond acceptors (Lipinski definition) is 3. The molecule has 8 aromatic rings. The Bertz CT molecular complexity index is 3330. The summed E-state index contributed by atoms with van der Waals surface area (Å²) in [6.45, 7) is 4.09. The van der Waals surface area contributed by atoms with Gasteiger partial charge in [-0.25, -0.2) is 9.98 Å². The SMILES string of the molecule is Cc1ccc(-c2ccc3c(c2)c2cc(-c4ccc(C)cc4)ccc2n3-c2ccc(=C3C=C(C(F)(F)F)C=C(C(F)(F)F)C3)c(=C3N=C(c4ccccc4)N=C(c4ccccc4)N3)c2)cc1. The van der Waals surface area contributed by atoms with E-state index in [-0.39, 0.29) is 27.9 Å². The molecular formula is C55H38F6N4. The number of nitrogens with one attached hydrogen (secondary N) is 1. The summed E-state index contributed by atoms with van der Waals surface area (Å²) in [6, 6.07) is 52.8. The van der Waals surface area contributed by atoms with Crippen LogP contribution >= 0.6 is 0 Å². The monoisotopic (exact) mass is 868 g/mol. The fourth-order valence-corrected chi connectivity index (χ4v) is 8.52. The summed E-state index contributed by atoms with van der Waals surface area (Å²) in [6.07, 6.45) is -9.82. The average molecular weight is 869 g/mol. The molecule has 0 spiro atoms. The summed E-state index contributed by atoms with van der Waals surface area (Å²) < 4.78 is 88.7. The number of aryl methyl sites for hydroxylation is 2. The molecule has 0 bridgehead atoms. The molecular weight excluding hydrogens is 831 g/mol. The lowest BCUT2D eigenvalue weighted by Crippen LogP contribution is -2.38. The van der Waals surface area contributed by atoms with Gasteiger partial charge in [0.2, 0.25) is 0 Å². The first-order valence-electron chi connectivity index (χ1n) is 21.0. The van der Waals surface area contributed by atoms with E-state index in [1.54, 1.807) is 18.2 Å². The summed E-state index contributed by atoms with van der Waals surface area (Å²) in [5.74, 6) is 0.928. The van der Waals surface area contributed by atoms with Gasteiger partial charge in [-0.3, -0.25) is 0 Å². The van der Waals surface area contributed by atoms with Gasteiger partial charge in [-0.2, -0.15) is 26.3 Å². The zero-order valence-electron chi connectivity index (χ0n) is 35.1. The zero-order chi connectivity index (χ0) is 45.0. The van der Waals surface area contributed by atoms with Crippen LogP contribution in [0.3, 0.4) is 0 Å². The quantitative estimate of drug-likeness (QED) is 0.172. The van der Waals surface area contributed by atoms with Crippen LogP contribution in [0.2, 0.25) is 0 Å². The van der Waals surface area contributed by atoms with Gasteiger partial charge in [0.05, 0.1) is 16.6 Å². The largest absolute Gasteiger partial charge is 0.416 e. The van der Waals surface area contributed by atoms with Crippen LogP contribution in [0, 0.1) is 13.8 Å². The Morgan fingerprint density at radius 3 is 1.57 bits per heavy atom. The number of nitrogens with zero attached hydrogens (tertiary/aromatic N) is 3. The number of halogens is 6. The number of amidine groups is 2. The van der Waals surface area contributed by atoms with Gasteiger partial charge in [-0.15, -0.1) is 0 Å². The second-order valence-corrected chi connectivity index (χ2v) is 16.3. The Kier molecular flexibility index (Phi) is 10.2. The summed E-state index contributed by atoms with van der Waals surface area (Å²) in [4.78, 5) is 9.83. The van der Waals surface area contributed by atoms with E-state index in [4.69, 9.17) is 9.98 Å². The van der Waals surface area contributed by atoms with E-state index in [9.17, 15) is 26.3 Å². The number of aromatic nitrogens is 1. The predicted molar refractivity (Wildman–Crippen MR) is 249 cm³/mol. The minimum Gasteiger partial charge on any atom is -0.324 e. The van der Waals surface area contributed by atoms with Gasteiger partial charge in [0.1, 0.15) is 11.7 Å². The highest BCUT2D eigenvalue weighted by Crippen LogP contribution is 2.41. The second-order valence-electron chi connectivity index (χ2n) is 16.3. The predicted octanol–water partition coefficient (Wildman–Crippen LogP) is 12.8. The minimum absolute atomic E-state index is 0.155. The van der Waals surface area contributed by atoms with Crippen molar-refractivity contribution in [3.05, 3.63) is 220 Å². The highest BCUT2D eigenvalue weighted by Gasteiger charge is 2.41. The summed E-state index contributed by atoms with van der Waals surface area (Å²) in [5, 5.41) is 5.70. The van der Waals surface area contributed by atoms with Gasteiger partial charge >= 0.3 is 12.4 Å². The molecule has 2 aliphatic rings. The Balaban J connectivity index is 1.28. The Morgan fingerprint density at radius 2 is 1.03 bits per heavy atom. The third-order valence-electron chi connectivity index (χ3n) is 11.9. The highest BCUT2D eigenvalue weighted by atomic mass is 19.4. The van der Waals surface area contributed by atoms with Crippen molar-refractivity contribution in [3.8, 4) is 27.9 Å². The number of benzene rings is 7. The fourth-order valence-electron chi connectivity index (χ4n) is 8.52. The summed E-state index contributed by atoms with van der Waals surface area (Å²) in [5.41, 5.74) is 7.25. The van der Waals surface area contributed by atoms with Crippen molar-refractivity contribution >= 4 is 44.9 Å². The first-order valence-corrected chi connectivity index (χ1v) is 21.0. The topological polar surface area (TPSA) is 41.7 Å². The maximum atomic E-state index is 14.4. The fraction of sp³-hybridized carbons (Fsp3) is 0.0909. The molecule has 1 aliphatic heterocycles. The van der Waals surface area contributed by atoms with Crippen molar-refractivity contribution in [3.63, 3.8) is 0 Å². The summed E-state index contributed by atoms with van der Waals surface area (Å²) in [7, 11) is 0. The van der Waals surface area contributed by atoms with E-state index in [1.807, 2.05) is 74.5 Å². The summed E-state index contributed by atoms with van der Waals surface area (Å²) >= 11 is 0. The molecule has 1 N–H and O–H groups in total. The van der Waals surface area contributed by atoms with Crippen LogP contribution in [0.1, 0.15) is 28.7 Å². The van der Waals surface area contributed by atoms with Gasteiger partial charge in [-0.1, -0.05) is 139 Å². The number of allylic oxidation sites excluding steroid dienone is 4. The average Bonchev–Trinajstić information content (AvgIpc) is 3.64. The van der Waals surface area contributed by atoms with E-state index in [2.05, 4.69) is 94.8 Å². The van der Waals surface area contributed by atoms with Gasteiger partial charge < -0.3 is 9.88 Å². The van der Waals surface area contributed by atoms with Crippen molar-refractivity contribution in [2.24, 2.45) is 9.98 Å². The molecule has 10 heteroatoms. The van der Waals surface area contributed by atoms with Crippen LogP contribution in [0.5, 0.6) is 0 Å². The maximum absolute atomic E-state index is 14.4. The van der Waals surface area contributed by atoms with Crippen LogP contribution in [0.15, 0.2) is 197 Å². The van der Waals surface area contributed by atoms with Crippen LogP contribution in [-0.2, 0) is 0 Å². The molecule has 0 saturated carbocycles. The lowest BCUT2D eigenvalue weighted by atomic mass is 9.92. The molecule has 65 heavy (non-hydrogen) atoms. The normalized spacial score (nSPS) is 16.2. The molecule has 0 atom stereocenters. The van der Waals surface area contributed by atoms with E-state index < -0.39 is 29.9 Å². The molecule has 10 rings (SSSR count). The van der Waals surface area contributed by atoms with Crippen LogP contribution < -0.4 is 15.8 Å². The number of rotatable bonds is 5. The molecule has 0 amide bonds. The zero-order valence-corrected chi connectivity index (χ0v) is 35.1. The van der Waals surface area contributed by atoms with Crippen LogP contribution in [0.25, 0.3) is 61.1 Å². The van der Waals surface area contributed by atoms with Gasteiger partial charge in [0.25, 0.3) is 0 Å². The highest BCUT2D eigenvalue weighted by molar-refractivity contribution is 6.16. The van der Waals surface area contributed by atoms with Crippen molar-refractivity contribution < 1.29 is 26.3 Å². The standard InChI is InChI=1S/C55H38F6N4/c1-33-13-17-35(18-14-33)39-21-25-49-46(29-39)47-30-40(36-19-15-34(2)16-20-36)22-26-50(47)65(49)44-23-24-45(41-27-42(54(56,57)58)31-43(28-41)55(59,60)61)48(32-44)53-63-51(37-9-5-3-6-10-37)62-52(64-53)38-11-7-4-8-12-38/h3-27,29-32H,28H2,1-2H3,(H,62,63,64). The Labute approximate surface area is 370 Å². The first-order chi connectivity index (χ1) is 31.3. The number of alkyl halides is 6. The van der Waals surface area contributed by atoms with Crippen LogP contribution in [-0.4, -0.2) is 28.6 Å². The molecule has 0 unspecified atom stereocenters. The van der Waals surface area contributed by atoms with Crippen molar-refractivity contribution in [1.29, 1.82) is 0 Å². The molecule has 320 valence electrons. The lowest BCUT2D eigenvalue weighted by molar-refractivity contribution is -0.0970. The van der Waals surface area contributed by atoms with E-state index in [0.717, 1.165) is 61.3 Å². The molecule has 0 radical (unpaired) electrons. The third-order valence-corrected chi connectivity index (χ3v) is 11.9. The number of aliphatic imine (C=N–C) groups is 2. The van der Waals surface area contributed by atoms with E-state index in [1.165, 1.54) is 0 Å². The third kappa shape index (κ3) is 8.08. The maximum Gasteiger partial charge on any atom is 0.416 e. The molecule has 1 aromatic heterocycles. The smallest absolute Gasteiger partial charge is 0.324 e. The second kappa shape index (κ2) is 16.1. The molecule has 7 aromatic carbocycles. The van der Waals surface area contributed by atoms with Crippen molar-refractivity contribution in [2.75, 3.05) is 0 Å². The molecule has 2 heterocycles. The van der Waals surface area contributed by atoms with Crippen molar-refractivity contribution in [1.82, 2.24) is 9.88 Å². The Morgan fingerprint density at radius 1 is 0.492 bits per heavy atom. The first kappa shape index (κ1) is 41.3. The molecule has 1 aliphatic carbocycles. The van der Waals surface area contributed by atoms with Gasteiger partial charge in [0.15, 0.2) is 5.84 Å². The minimum atomic E-state index is -5.04. The Hall–Kier alpha value is -7.72. The van der Waals surface area contributed by atoms with E-state index in [0.29, 0.717) is 28.5 Å². The van der Waals surface area contributed by atoms with Gasteiger partial charge in [-0.05, 0) is 95.4 Å². The molecule has 0 fully saturated rings. The van der Waals surface area contributed by atoms with Crippen molar-refractivity contribution in [2.45, 2.75) is 32.6 Å². The molecule has 4 nitrogen and oxygen atoms in total. The molecule has 0 saturated heterocycles. The number of fused-ring (bicyclic) bond motifs is 3. The lowest BCUT2D eigenvalue weighted by Gasteiger charge is -2.21. The van der Waals surface area contributed by atoms with E-state index >= 15 is 0 Å². The number of hydrogen-bond donors (Lipinski definition) is 1.